The average Bonchev–Trinajstić information content (AvgIpc) is 3.23. The molecule has 1 aromatic carbocycles. The molecule has 1 saturated heterocycles. The van der Waals surface area contributed by atoms with Crippen molar-refractivity contribution in [3.63, 3.8) is 0 Å². The summed E-state index contributed by atoms with van der Waals surface area (Å²) in [6.45, 7) is 7.58. The minimum atomic E-state index is 0.0664. The van der Waals surface area contributed by atoms with E-state index in [-0.39, 0.29) is 24.7 Å². The zero-order valence-electron chi connectivity index (χ0n) is 17.9. The number of ether oxygens (including phenoxy) is 2. The molecule has 0 N–H and O–H groups in total. The molecule has 30 heavy (non-hydrogen) atoms. The smallest absolute Gasteiger partial charge is 0.248 e. The van der Waals surface area contributed by atoms with Crippen LogP contribution in [0.3, 0.4) is 0 Å². The normalized spacial score (nSPS) is 15.1. The molecule has 1 amide bonds. The lowest BCUT2D eigenvalue weighted by molar-refractivity contribution is -0.139. The standard InChI is InChI=1S/C24H29N3O3/c1-17(2)29-16-24(28)26-13-10-21(11-14-26)30-20-6-4-19(5-7-20)22-8-9-23-25-12-15-27(23)18(22)3/h4-9,12,15,17,21H,10-11,13-14,16H2,1-3H3. The Hall–Kier alpha value is -2.86. The largest absolute Gasteiger partial charge is 0.490 e. The molecule has 0 bridgehead atoms. The quantitative estimate of drug-likeness (QED) is 0.617. The van der Waals surface area contributed by atoms with E-state index < -0.39 is 0 Å². The van der Waals surface area contributed by atoms with E-state index in [9.17, 15) is 4.79 Å². The minimum Gasteiger partial charge on any atom is -0.490 e. The first kappa shape index (κ1) is 20.4. The summed E-state index contributed by atoms with van der Waals surface area (Å²) < 4.78 is 13.7. The Morgan fingerprint density at radius 2 is 1.87 bits per heavy atom. The molecule has 0 aliphatic carbocycles. The van der Waals surface area contributed by atoms with Gasteiger partial charge in [-0.05, 0) is 50.6 Å². The summed E-state index contributed by atoms with van der Waals surface area (Å²) in [6.07, 6.45) is 5.69. The number of imidazole rings is 1. The summed E-state index contributed by atoms with van der Waals surface area (Å²) in [5.74, 6) is 0.935. The van der Waals surface area contributed by atoms with E-state index in [4.69, 9.17) is 9.47 Å². The van der Waals surface area contributed by atoms with Crippen molar-refractivity contribution in [3.8, 4) is 16.9 Å². The molecule has 4 rings (SSSR count). The van der Waals surface area contributed by atoms with Gasteiger partial charge in [-0.2, -0.15) is 0 Å². The van der Waals surface area contributed by atoms with Crippen molar-refractivity contribution in [3.05, 3.63) is 54.5 Å². The average molecular weight is 408 g/mol. The van der Waals surface area contributed by atoms with Crippen LogP contribution in [-0.2, 0) is 9.53 Å². The van der Waals surface area contributed by atoms with Gasteiger partial charge in [-0.15, -0.1) is 0 Å². The summed E-state index contributed by atoms with van der Waals surface area (Å²) in [4.78, 5) is 18.4. The highest BCUT2D eigenvalue weighted by molar-refractivity contribution is 5.77. The third-order valence-corrected chi connectivity index (χ3v) is 5.62. The second-order valence-electron chi connectivity index (χ2n) is 8.07. The first-order valence-electron chi connectivity index (χ1n) is 10.6. The third kappa shape index (κ3) is 4.49. The first-order valence-corrected chi connectivity index (χ1v) is 10.6. The van der Waals surface area contributed by atoms with Gasteiger partial charge in [-0.3, -0.25) is 4.79 Å². The molecule has 1 fully saturated rings. The van der Waals surface area contributed by atoms with Crippen molar-refractivity contribution in [2.24, 2.45) is 0 Å². The Balaban J connectivity index is 1.34. The van der Waals surface area contributed by atoms with Crippen LogP contribution >= 0.6 is 0 Å². The van der Waals surface area contributed by atoms with Gasteiger partial charge in [0.1, 0.15) is 24.1 Å². The molecular weight excluding hydrogens is 378 g/mol. The molecule has 3 aromatic rings. The van der Waals surface area contributed by atoms with Crippen LogP contribution in [0.5, 0.6) is 5.75 Å². The van der Waals surface area contributed by atoms with Gasteiger partial charge in [0.15, 0.2) is 0 Å². The molecule has 1 aliphatic rings. The maximum absolute atomic E-state index is 12.2. The number of rotatable bonds is 6. The highest BCUT2D eigenvalue weighted by atomic mass is 16.5. The van der Waals surface area contributed by atoms with Crippen LogP contribution in [0.15, 0.2) is 48.8 Å². The van der Waals surface area contributed by atoms with Gasteiger partial charge in [0.25, 0.3) is 0 Å². The molecule has 158 valence electrons. The Morgan fingerprint density at radius 3 is 2.57 bits per heavy atom. The summed E-state index contributed by atoms with van der Waals surface area (Å²) in [5.41, 5.74) is 4.46. The highest BCUT2D eigenvalue weighted by Gasteiger charge is 2.24. The lowest BCUT2D eigenvalue weighted by atomic mass is 10.0. The summed E-state index contributed by atoms with van der Waals surface area (Å²) in [5, 5.41) is 0. The van der Waals surface area contributed by atoms with Crippen molar-refractivity contribution < 1.29 is 14.3 Å². The Kier molecular flexibility index (Phi) is 6.04. The van der Waals surface area contributed by atoms with E-state index in [2.05, 4.69) is 34.5 Å². The van der Waals surface area contributed by atoms with E-state index in [0.29, 0.717) is 13.1 Å². The second kappa shape index (κ2) is 8.88. The third-order valence-electron chi connectivity index (χ3n) is 5.62. The Labute approximate surface area is 177 Å². The summed E-state index contributed by atoms with van der Waals surface area (Å²) in [7, 11) is 0. The summed E-state index contributed by atoms with van der Waals surface area (Å²) >= 11 is 0. The summed E-state index contributed by atoms with van der Waals surface area (Å²) in [6, 6.07) is 12.4. The lowest BCUT2D eigenvalue weighted by Crippen LogP contribution is -2.43. The minimum absolute atomic E-state index is 0.0664. The van der Waals surface area contributed by atoms with E-state index in [1.54, 1.807) is 0 Å². The number of carbonyl (C=O) groups is 1. The second-order valence-corrected chi connectivity index (χ2v) is 8.07. The molecule has 2 aromatic heterocycles. The number of aryl methyl sites for hydroxylation is 1. The Bertz CT molecular complexity index is 1000. The molecule has 0 atom stereocenters. The number of nitrogens with zero attached hydrogens (tertiary/aromatic N) is 3. The fourth-order valence-electron chi connectivity index (χ4n) is 3.89. The van der Waals surface area contributed by atoms with Gasteiger partial charge in [-0.1, -0.05) is 12.1 Å². The number of aromatic nitrogens is 2. The number of pyridine rings is 1. The number of amides is 1. The first-order chi connectivity index (χ1) is 14.5. The molecule has 6 heteroatoms. The predicted octanol–water partition coefficient (Wildman–Crippen LogP) is 4.10. The highest BCUT2D eigenvalue weighted by Crippen LogP contribution is 2.27. The number of benzene rings is 1. The monoisotopic (exact) mass is 407 g/mol. The molecule has 0 unspecified atom stereocenters. The van der Waals surface area contributed by atoms with E-state index in [0.717, 1.165) is 35.5 Å². The van der Waals surface area contributed by atoms with Crippen molar-refractivity contribution >= 4 is 11.6 Å². The topological polar surface area (TPSA) is 56.1 Å². The zero-order valence-corrected chi connectivity index (χ0v) is 17.9. The van der Waals surface area contributed by atoms with Crippen molar-refractivity contribution in [2.45, 2.75) is 45.8 Å². The number of hydrogen-bond donors (Lipinski definition) is 0. The van der Waals surface area contributed by atoms with E-state index in [1.165, 1.54) is 5.56 Å². The van der Waals surface area contributed by atoms with Gasteiger partial charge in [0.2, 0.25) is 5.91 Å². The number of carbonyl (C=O) groups excluding carboxylic acids is 1. The molecule has 6 nitrogen and oxygen atoms in total. The van der Waals surface area contributed by atoms with Crippen molar-refractivity contribution in [2.75, 3.05) is 19.7 Å². The molecule has 3 heterocycles. The van der Waals surface area contributed by atoms with Crippen molar-refractivity contribution in [1.82, 2.24) is 14.3 Å². The molecule has 0 saturated carbocycles. The SMILES string of the molecule is Cc1c(-c2ccc(OC3CCN(C(=O)COC(C)C)CC3)cc2)ccc2nccn12. The van der Waals surface area contributed by atoms with Gasteiger partial charge in [0, 0.05) is 49.6 Å². The molecule has 1 aliphatic heterocycles. The Morgan fingerprint density at radius 1 is 1.13 bits per heavy atom. The lowest BCUT2D eigenvalue weighted by Gasteiger charge is -2.32. The number of fused-ring (bicyclic) bond motifs is 1. The van der Waals surface area contributed by atoms with Crippen LogP contribution in [0.25, 0.3) is 16.8 Å². The van der Waals surface area contributed by atoms with E-state index in [1.807, 2.05) is 49.3 Å². The molecule has 0 radical (unpaired) electrons. The van der Waals surface area contributed by atoms with Gasteiger partial charge in [0.05, 0.1) is 6.10 Å². The van der Waals surface area contributed by atoms with Crippen LogP contribution in [0, 0.1) is 6.92 Å². The van der Waals surface area contributed by atoms with Crippen LogP contribution in [0.1, 0.15) is 32.4 Å². The van der Waals surface area contributed by atoms with Crippen molar-refractivity contribution in [1.29, 1.82) is 0 Å². The molecule has 0 spiro atoms. The van der Waals surface area contributed by atoms with Crippen LogP contribution in [-0.4, -0.2) is 52.1 Å². The zero-order chi connectivity index (χ0) is 21.1. The molecular formula is C24H29N3O3. The van der Waals surface area contributed by atoms with Crippen LogP contribution < -0.4 is 4.74 Å². The van der Waals surface area contributed by atoms with Gasteiger partial charge < -0.3 is 18.8 Å². The van der Waals surface area contributed by atoms with Gasteiger partial charge >= 0.3 is 0 Å². The maximum atomic E-state index is 12.2. The number of likely N-dealkylation sites (tertiary alicyclic amines) is 1. The number of piperidine rings is 1. The van der Waals surface area contributed by atoms with E-state index >= 15 is 0 Å². The fraction of sp³-hybridized carbons (Fsp3) is 0.417. The van der Waals surface area contributed by atoms with Crippen LogP contribution in [0.2, 0.25) is 0 Å². The van der Waals surface area contributed by atoms with Crippen LogP contribution in [0.4, 0.5) is 0 Å². The fourth-order valence-corrected chi connectivity index (χ4v) is 3.89. The predicted molar refractivity (Wildman–Crippen MR) is 117 cm³/mol. The maximum Gasteiger partial charge on any atom is 0.248 e. The van der Waals surface area contributed by atoms with Gasteiger partial charge in [-0.25, -0.2) is 4.98 Å². The number of hydrogen-bond acceptors (Lipinski definition) is 4.